The molecule has 0 radical (unpaired) electrons. The topological polar surface area (TPSA) is 85.4 Å². The number of anilines is 2. The number of hydrogen-bond donors (Lipinski definition) is 1. The molecular weight excluding hydrogens is 283 g/mol. The van der Waals surface area contributed by atoms with E-state index in [0.29, 0.717) is 0 Å². The molecule has 5 nitrogen and oxygen atoms in total. The zero-order chi connectivity index (χ0) is 15.5. The Kier molecular flexibility index (Phi) is 3.72. The molecule has 2 aromatic rings. The molecule has 0 fully saturated rings. The predicted molar refractivity (Wildman–Crippen MR) is 66.2 cm³/mol. The smallest absolute Gasteiger partial charge is 0.337 e. The van der Waals surface area contributed by atoms with Gasteiger partial charge in [0.05, 0.1) is 16.8 Å². The van der Waals surface area contributed by atoms with Crippen LogP contribution < -0.4 is 5.32 Å². The quantitative estimate of drug-likeness (QED) is 0.918. The van der Waals surface area contributed by atoms with Gasteiger partial charge in [-0.2, -0.15) is 23.7 Å². The van der Waals surface area contributed by atoms with Crippen molar-refractivity contribution < 1.29 is 13.2 Å². The highest BCUT2D eigenvalue weighted by molar-refractivity contribution is 5.67. The minimum absolute atomic E-state index is 0.0266. The number of benzene rings is 1. The van der Waals surface area contributed by atoms with Crippen molar-refractivity contribution in [2.45, 2.75) is 6.18 Å². The predicted octanol–water partition coefficient (Wildman–Crippen LogP) is 2.98. The number of aromatic nitrogens is 2. The fourth-order valence-corrected chi connectivity index (χ4v) is 1.56. The van der Waals surface area contributed by atoms with Gasteiger partial charge in [-0.1, -0.05) is 0 Å². The van der Waals surface area contributed by atoms with E-state index < -0.39 is 11.7 Å². The Balaban J connectivity index is 2.42. The summed E-state index contributed by atoms with van der Waals surface area (Å²) in [6.45, 7) is 0. The van der Waals surface area contributed by atoms with Crippen LogP contribution in [0, 0.1) is 22.7 Å². The van der Waals surface area contributed by atoms with Crippen LogP contribution >= 0.6 is 0 Å². The van der Waals surface area contributed by atoms with E-state index >= 15 is 0 Å². The Hall–Kier alpha value is -3.13. The highest BCUT2D eigenvalue weighted by Crippen LogP contribution is 2.32. The molecule has 1 N–H and O–H groups in total. The lowest BCUT2D eigenvalue weighted by Crippen LogP contribution is -2.06. The Morgan fingerprint density at radius 3 is 2.38 bits per heavy atom. The molecule has 0 amide bonds. The second-order valence-electron chi connectivity index (χ2n) is 3.86. The van der Waals surface area contributed by atoms with Crippen molar-refractivity contribution in [2.75, 3.05) is 5.32 Å². The van der Waals surface area contributed by atoms with Crippen LogP contribution in [0.15, 0.2) is 30.6 Å². The van der Waals surface area contributed by atoms with Gasteiger partial charge in [-0.3, -0.25) is 0 Å². The molecule has 0 aliphatic heterocycles. The Bertz CT molecular complexity index is 756. The first-order valence-corrected chi connectivity index (χ1v) is 5.55. The van der Waals surface area contributed by atoms with Gasteiger partial charge in [0.1, 0.15) is 12.1 Å². The molecule has 1 aromatic carbocycles. The van der Waals surface area contributed by atoms with Crippen LogP contribution in [0.1, 0.15) is 16.8 Å². The van der Waals surface area contributed by atoms with Crippen LogP contribution in [-0.4, -0.2) is 9.97 Å². The summed E-state index contributed by atoms with van der Waals surface area (Å²) >= 11 is 0. The van der Waals surface area contributed by atoms with Gasteiger partial charge in [-0.25, -0.2) is 9.97 Å². The van der Waals surface area contributed by atoms with Gasteiger partial charge in [0.25, 0.3) is 0 Å². The average Bonchev–Trinajstić information content (AvgIpc) is 2.47. The summed E-state index contributed by atoms with van der Waals surface area (Å²) in [5.41, 5.74) is -1.05. The molecule has 1 aromatic heterocycles. The molecule has 0 atom stereocenters. The van der Waals surface area contributed by atoms with E-state index in [4.69, 9.17) is 10.5 Å². The fraction of sp³-hybridized carbons (Fsp3) is 0.0769. The summed E-state index contributed by atoms with van der Waals surface area (Å²) in [5, 5.41) is 20.5. The summed E-state index contributed by atoms with van der Waals surface area (Å²) in [5.74, 6) is 0.0660. The third-order valence-corrected chi connectivity index (χ3v) is 2.52. The van der Waals surface area contributed by atoms with E-state index in [0.717, 1.165) is 18.2 Å². The number of nitriles is 2. The average molecular weight is 289 g/mol. The lowest BCUT2D eigenvalue weighted by Gasteiger charge is -2.11. The fourth-order valence-electron chi connectivity index (χ4n) is 1.56. The molecule has 2 rings (SSSR count). The standard InChI is InChI=1S/C13H6F3N5/c14-13(15,16)9-1-2-10(8(5-9)6-17)21-12-11(7-18)19-3-4-20-12/h1-5H,(H,20,21). The molecular formula is C13H6F3N5. The molecule has 104 valence electrons. The van der Waals surface area contributed by atoms with Gasteiger partial charge in [-0.05, 0) is 18.2 Å². The lowest BCUT2D eigenvalue weighted by molar-refractivity contribution is -0.137. The van der Waals surface area contributed by atoms with E-state index in [2.05, 4.69) is 15.3 Å². The number of rotatable bonds is 2. The van der Waals surface area contributed by atoms with Crippen molar-refractivity contribution in [3.8, 4) is 12.1 Å². The first-order chi connectivity index (χ1) is 9.95. The molecule has 0 aliphatic rings. The largest absolute Gasteiger partial charge is 0.416 e. The third-order valence-electron chi connectivity index (χ3n) is 2.52. The van der Waals surface area contributed by atoms with Crippen LogP contribution in [0.5, 0.6) is 0 Å². The van der Waals surface area contributed by atoms with Crippen molar-refractivity contribution in [3.05, 3.63) is 47.4 Å². The molecule has 8 heteroatoms. The van der Waals surface area contributed by atoms with Crippen LogP contribution in [0.25, 0.3) is 0 Å². The summed E-state index contributed by atoms with van der Waals surface area (Å²) in [6.07, 6.45) is -1.91. The molecule has 1 heterocycles. The molecule has 0 saturated heterocycles. The number of alkyl halides is 3. The van der Waals surface area contributed by atoms with Crippen molar-refractivity contribution in [2.24, 2.45) is 0 Å². The molecule has 0 unspecified atom stereocenters. The first-order valence-electron chi connectivity index (χ1n) is 5.55. The van der Waals surface area contributed by atoms with Crippen LogP contribution in [-0.2, 0) is 6.18 Å². The zero-order valence-electron chi connectivity index (χ0n) is 10.3. The van der Waals surface area contributed by atoms with Gasteiger partial charge in [-0.15, -0.1) is 0 Å². The summed E-state index contributed by atoms with van der Waals surface area (Å²) in [4.78, 5) is 7.62. The van der Waals surface area contributed by atoms with Gasteiger partial charge in [0, 0.05) is 12.4 Å². The number of hydrogen-bond acceptors (Lipinski definition) is 5. The maximum Gasteiger partial charge on any atom is 0.416 e. The van der Waals surface area contributed by atoms with E-state index in [1.807, 2.05) is 0 Å². The third kappa shape index (κ3) is 3.07. The summed E-state index contributed by atoms with van der Waals surface area (Å²) < 4.78 is 37.8. The maximum absolute atomic E-state index is 12.6. The van der Waals surface area contributed by atoms with Gasteiger partial charge < -0.3 is 5.32 Å². The number of nitrogens with one attached hydrogen (secondary N) is 1. The molecule has 0 saturated carbocycles. The second-order valence-corrected chi connectivity index (χ2v) is 3.86. The number of halogens is 3. The van der Waals surface area contributed by atoms with Crippen LogP contribution in [0.4, 0.5) is 24.7 Å². The van der Waals surface area contributed by atoms with Crippen LogP contribution in [0.3, 0.4) is 0 Å². The Labute approximate surface area is 117 Å². The second kappa shape index (κ2) is 5.47. The molecule has 0 bridgehead atoms. The van der Waals surface area contributed by atoms with Crippen LogP contribution in [0.2, 0.25) is 0 Å². The highest BCUT2D eigenvalue weighted by atomic mass is 19.4. The molecule has 21 heavy (non-hydrogen) atoms. The summed E-state index contributed by atoms with van der Waals surface area (Å²) in [7, 11) is 0. The molecule has 0 aliphatic carbocycles. The van der Waals surface area contributed by atoms with Crippen molar-refractivity contribution in [3.63, 3.8) is 0 Å². The number of nitrogens with zero attached hydrogens (tertiary/aromatic N) is 4. The van der Waals surface area contributed by atoms with E-state index in [1.54, 1.807) is 12.1 Å². The maximum atomic E-state index is 12.6. The van der Waals surface area contributed by atoms with Crippen molar-refractivity contribution in [1.82, 2.24) is 9.97 Å². The van der Waals surface area contributed by atoms with Crippen molar-refractivity contribution >= 4 is 11.5 Å². The van der Waals surface area contributed by atoms with Gasteiger partial charge in [0.2, 0.25) is 0 Å². The van der Waals surface area contributed by atoms with Crippen molar-refractivity contribution in [1.29, 1.82) is 10.5 Å². The highest BCUT2D eigenvalue weighted by Gasteiger charge is 2.31. The monoisotopic (exact) mass is 289 g/mol. The first kappa shape index (κ1) is 14.3. The van der Waals surface area contributed by atoms with Gasteiger partial charge >= 0.3 is 6.18 Å². The SMILES string of the molecule is N#Cc1cc(C(F)(F)F)ccc1Nc1nccnc1C#N. The lowest BCUT2D eigenvalue weighted by atomic mass is 10.1. The summed E-state index contributed by atoms with van der Waals surface area (Å²) in [6, 6.07) is 6.14. The Morgan fingerprint density at radius 2 is 1.76 bits per heavy atom. The van der Waals surface area contributed by atoms with E-state index in [9.17, 15) is 13.2 Å². The normalized spacial score (nSPS) is 10.5. The van der Waals surface area contributed by atoms with E-state index in [-0.39, 0.29) is 22.8 Å². The Morgan fingerprint density at radius 1 is 1.05 bits per heavy atom. The minimum atomic E-state index is -4.53. The van der Waals surface area contributed by atoms with Gasteiger partial charge in [0.15, 0.2) is 11.5 Å². The minimum Gasteiger partial charge on any atom is -0.337 e. The zero-order valence-corrected chi connectivity index (χ0v) is 10.3. The molecule has 0 spiro atoms. The van der Waals surface area contributed by atoms with E-state index in [1.165, 1.54) is 12.4 Å².